The molecule has 0 aliphatic carbocycles. The van der Waals surface area contributed by atoms with Crippen molar-refractivity contribution < 1.29 is 19.1 Å². The van der Waals surface area contributed by atoms with Crippen LogP contribution in [0.25, 0.3) is 0 Å². The highest BCUT2D eigenvalue weighted by Gasteiger charge is 2.09. The summed E-state index contributed by atoms with van der Waals surface area (Å²) < 4.78 is 4.64. The Kier molecular flexibility index (Phi) is 7.23. The summed E-state index contributed by atoms with van der Waals surface area (Å²) in [6, 6.07) is 14.0. The van der Waals surface area contributed by atoms with Gasteiger partial charge in [-0.1, -0.05) is 18.2 Å². The molecule has 0 aliphatic heterocycles. The molecule has 2 N–H and O–H groups in total. The van der Waals surface area contributed by atoms with E-state index in [0.29, 0.717) is 11.3 Å². The van der Waals surface area contributed by atoms with Gasteiger partial charge in [-0.2, -0.15) is 0 Å². The molecule has 26 heavy (non-hydrogen) atoms. The highest BCUT2D eigenvalue weighted by molar-refractivity contribution is 8.00. The van der Waals surface area contributed by atoms with Gasteiger partial charge in [0.05, 0.1) is 24.2 Å². The lowest BCUT2D eigenvalue weighted by atomic mass is 10.2. The van der Waals surface area contributed by atoms with E-state index in [2.05, 4.69) is 15.4 Å². The number of thioether (sulfide) groups is 1. The summed E-state index contributed by atoms with van der Waals surface area (Å²) in [5.41, 5.74) is 2.65. The summed E-state index contributed by atoms with van der Waals surface area (Å²) in [7, 11) is 1.30. The number of aryl methyl sites for hydroxylation is 1. The molecule has 2 amide bonds. The Morgan fingerprint density at radius 2 is 1.50 bits per heavy atom. The van der Waals surface area contributed by atoms with Gasteiger partial charge < -0.3 is 15.4 Å². The van der Waals surface area contributed by atoms with Crippen molar-refractivity contribution in [3.05, 3.63) is 59.7 Å². The highest BCUT2D eigenvalue weighted by Crippen LogP contribution is 2.13. The van der Waals surface area contributed by atoms with E-state index in [1.807, 2.05) is 31.2 Å². The number of esters is 1. The first-order valence-corrected chi connectivity index (χ1v) is 9.06. The van der Waals surface area contributed by atoms with Crippen LogP contribution in [0.5, 0.6) is 0 Å². The molecule has 6 nitrogen and oxygen atoms in total. The van der Waals surface area contributed by atoms with Crippen LogP contribution in [0.3, 0.4) is 0 Å². The van der Waals surface area contributed by atoms with Gasteiger partial charge in [-0.3, -0.25) is 9.59 Å². The van der Waals surface area contributed by atoms with Gasteiger partial charge in [0, 0.05) is 11.4 Å². The minimum atomic E-state index is -0.469. The monoisotopic (exact) mass is 372 g/mol. The normalized spacial score (nSPS) is 10.1. The summed E-state index contributed by atoms with van der Waals surface area (Å²) in [6.07, 6.45) is 0. The highest BCUT2D eigenvalue weighted by atomic mass is 32.2. The van der Waals surface area contributed by atoms with E-state index in [-0.39, 0.29) is 23.3 Å². The Hall–Kier alpha value is -2.80. The second-order valence-electron chi connectivity index (χ2n) is 5.53. The number of carbonyl (C=O) groups is 3. The van der Waals surface area contributed by atoms with Crippen molar-refractivity contribution in [1.82, 2.24) is 0 Å². The lowest BCUT2D eigenvalue weighted by Gasteiger charge is -2.08. The number of benzene rings is 2. The van der Waals surface area contributed by atoms with E-state index in [9.17, 15) is 14.4 Å². The number of anilines is 2. The predicted octanol–water partition coefficient (Wildman–Crippen LogP) is 3.09. The molecule has 0 saturated carbocycles. The van der Waals surface area contributed by atoms with Crippen LogP contribution < -0.4 is 10.6 Å². The maximum atomic E-state index is 12.0. The van der Waals surface area contributed by atoms with Crippen molar-refractivity contribution in [2.45, 2.75) is 6.92 Å². The summed E-state index contributed by atoms with van der Waals surface area (Å²) in [4.78, 5) is 35.4. The summed E-state index contributed by atoms with van der Waals surface area (Å²) in [6.45, 7) is 1.95. The summed E-state index contributed by atoms with van der Waals surface area (Å²) in [5.74, 6) is -0.586. The molecule has 0 bridgehead atoms. The minimum absolute atomic E-state index is 0.129. The van der Waals surface area contributed by atoms with Crippen LogP contribution >= 0.6 is 11.8 Å². The molecule has 0 heterocycles. The van der Waals surface area contributed by atoms with Crippen LogP contribution in [0.15, 0.2) is 48.5 Å². The summed E-state index contributed by atoms with van der Waals surface area (Å²) >= 11 is 1.21. The first-order valence-electron chi connectivity index (χ1n) is 7.90. The molecule has 0 aromatic heterocycles. The first-order chi connectivity index (χ1) is 12.5. The molecule has 7 heteroatoms. The molecule has 0 fully saturated rings. The van der Waals surface area contributed by atoms with E-state index in [0.717, 1.165) is 11.3 Å². The lowest BCUT2D eigenvalue weighted by molar-refractivity contribution is -0.114. The molecular weight excluding hydrogens is 352 g/mol. The third-order valence-corrected chi connectivity index (χ3v) is 4.27. The Morgan fingerprint density at radius 1 is 0.923 bits per heavy atom. The molecule has 2 aromatic rings. The largest absolute Gasteiger partial charge is 0.465 e. The van der Waals surface area contributed by atoms with E-state index >= 15 is 0 Å². The van der Waals surface area contributed by atoms with Crippen molar-refractivity contribution in [2.24, 2.45) is 0 Å². The Labute approximate surface area is 156 Å². The number of hydrogen-bond acceptors (Lipinski definition) is 5. The van der Waals surface area contributed by atoms with Gasteiger partial charge in [0.2, 0.25) is 11.8 Å². The zero-order chi connectivity index (χ0) is 18.9. The molecule has 136 valence electrons. The second kappa shape index (κ2) is 9.62. The fourth-order valence-corrected chi connectivity index (χ4v) is 2.81. The van der Waals surface area contributed by atoms with Gasteiger partial charge in [-0.05, 0) is 42.8 Å². The lowest BCUT2D eigenvalue weighted by Crippen LogP contribution is -2.18. The zero-order valence-electron chi connectivity index (χ0n) is 14.6. The maximum Gasteiger partial charge on any atom is 0.337 e. The quantitative estimate of drug-likeness (QED) is 0.730. The van der Waals surface area contributed by atoms with Crippen LogP contribution in [0.4, 0.5) is 11.4 Å². The van der Waals surface area contributed by atoms with E-state index in [1.165, 1.54) is 18.9 Å². The van der Waals surface area contributed by atoms with Crippen LogP contribution in [-0.4, -0.2) is 36.4 Å². The van der Waals surface area contributed by atoms with E-state index in [1.54, 1.807) is 24.3 Å². The van der Waals surface area contributed by atoms with Crippen molar-refractivity contribution in [2.75, 3.05) is 29.2 Å². The number of hydrogen-bond donors (Lipinski definition) is 2. The van der Waals surface area contributed by atoms with Crippen LogP contribution in [0.1, 0.15) is 15.9 Å². The van der Waals surface area contributed by atoms with Crippen LogP contribution in [0, 0.1) is 6.92 Å². The smallest absolute Gasteiger partial charge is 0.337 e. The molecule has 0 aliphatic rings. The fraction of sp³-hybridized carbons (Fsp3) is 0.211. The van der Waals surface area contributed by atoms with Crippen molar-refractivity contribution in [3.8, 4) is 0 Å². The number of nitrogens with one attached hydrogen (secondary N) is 2. The van der Waals surface area contributed by atoms with Gasteiger partial charge in [0.15, 0.2) is 0 Å². The maximum absolute atomic E-state index is 12.0. The van der Waals surface area contributed by atoms with Crippen LogP contribution in [-0.2, 0) is 14.3 Å². The van der Waals surface area contributed by atoms with E-state index in [4.69, 9.17) is 0 Å². The Balaban J connectivity index is 1.76. The first kappa shape index (κ1) is 19.5. The Morgan fingerprint density at radius 3 is 2.08 bits per heavy atom. The summed E-state index contributed by atoms with van der Waals surface area (Å²) in [5, 5.41) is 5.48. The zero-order valence-corrected chi connectivity index (χ0v) is 15.4. The number of amides is 2. The molecule has 0 atom stereocenters. The van der Waals surface area contributed by atoms with Gasteiger partial charge >= 0.3 is 5.97 Å². The van der Waals surface area contributed by atoms with Crippen LogP contribution in [0.2, 0.25) is 0 Å². The second-order valence-corrected chi connectivity index (χ2v) is 6.52. The van der Waals surface area contributed by atoms with Gasteiger partial charge in [-0.15, -0.1) is 11.8 Å². The van der Waals surface area contributed by atoms with Gasteiger partial charge in [-0.25, -0.2) is 4.79 Å². The number of ether oxygens (including phenoxy) is 1. The number of rotatable bonds is 7. The Bertz CT molecular complexity index is 808. The van der Waals surface area contributed by atoms with Crippen molar-refractivity contribution in [3.63, 3.8) is 0 Å². The molecule has 0 unspecified atom stereocenters. The molecule has 2 aromatic carbocycles. The average Bonchev–Trinajstić information content (AvgIpc) is 2.61. The van der Waals surface area contributed by atoms with Gasteiger partial charge in [0.1, 0.15) is 0 Å². The average molecular weight is 372 g/mol. The molecule has 2 rings (SSSR count). The minimum Gasteiger partial charge on any atom is -0.465 e. The SMILES string of the molecule is COC(=O)c1cccc(NC(=O)CSCC(=O)Nc2cccc(C)c2)c1. The topological polar surface area (TPSA) is 84.5 Å². The van der Waals surface area contributed by atoms with E-state index < -0.39 is 5.97 Å². The molecule has 0 spiro atoms. The molecule has 0 saturated heterocycles. The fourth-order valence-electron chi connectivity index (χ4n) is 2.20. The van der Waals surface area contributed by atoms with Gasteiger partial charge in [0.25, 0.3) is 0 Å². The van der Waals surface area contributed by atoms with Crippen molar-refractivity contribution in [1.29, 1.82) is 0 Å². The number of methoxy groups -OCH3 is 1. The number of carbonyl (C=O) groups excluding carboxylic acids is 3. The molecular formula is C19H20N2O4S. The third-order valence-electron chi connectivity index (χ3n) is 3.34. The molecule has 0 radical (unpaired) electrons. The van der Waals surface area contributed by atoms with Crippen molar-refractivity contribution >= 4 is 40.9 Å². The predicted molar refractivity (Wildman–Crippen MR) is 104 cm³/mol. The third kappa shape index (κ3) is 6.25. The standard InChI is InChI=1S/C19H20N2O4S/c1-13-5-3-7-15(9-13)20-17(22)11-26-12-18(23)21-16-8-4-6-14(10-16)19(24)25-2/h3-10H,11-12H2,1-2H3,(H,20,22)(H,21,23).